The highest BCUT2D eigenvalue weighted by atomic mass is 19.1. The van der Waals surface area contributed by atoms with Crippen LogP contribution in [0.4, 0.5) is 4.39 Å². The fourth-order valence-corrected chi connectivity index (χ4v) is 2.26. The van der Waals surface area contributed by atoms with Crippen LogP contribution < -0.4 is 4.74 Å². The molecule has 4 nitrogen and oxygen atoms in total. The fourth-order valence-electron chi connectivity index (χ4n) is 2.26. The lowest BCUT2D eigenvalue weighted by molar-refractivity contribution is -0.147. The van der Waals surface area contributed by atoms with Crippen molar-refractivity contribution in [2.24, 2.45) is 0 Å². The van der Waals surface area contributed by atoms with Crippen molar-refractivity contribution in [2.45, 2.75) is 38.8 Å². The maximum absolute atomic E-state index is 13.7. The minimum absolute atomic E-state index is 0.219. The van der Waals surface area contributed by atoms with Crippen LogP contribution in [0.25, 0.3) is 0 Å². The number of ether oxygens (including phenoxy) is 2. The number of halogens is 1. The Balaban J connectivity index is 2.78. The second-order valence-electron chi connectivity index (χ2n) is 5.07. The largest absolute Gasteiger partial charge is 0.494 e. The average molecular weight is 297 g/mol. The van der Waals surface area contributed by atoms with Gasteiger partial charge in [0.15, 0.2) is 11.6 Å². The van der Waals surface area contributed by atoms with Crippen molar-refractivity contribution in [1.29, 1.82) is 0 Å². The molecule has 0 saturated heterocycles. The molecule has 0 amide bonds. The molecule has 0 radical (unpaired) electrons. The predicted octanol–water partition coefficient (Wildman–Crippen LogP) is 3.00. The van der Waals surface area contributed by atoms with Gasteiger partial charge < -0.3 is 9.47 Å². The Bertz CT molecular complexity index is 465. The predicted molar refractivity (Wildman–Crippen MR) is 79.7 cm³/mol. The van der Waals surface area contributed by atoms with Gasteiger partial charge in [0.2, 0.25) is 0 Å². The summed E-state index contributed by atoms with van der Waals surface area (Å²) in [4.78, 5) is 13.8. The summed E-state index contributed by atoms with van der Waals surface area (Å²) >= 11 is 0. The van der Waals surface area contributed by atoms with Gasteiger partial charge in [0.25, 0.3) is 0 Å². The van der Waals surface area contributed by atoms with Crippen molar-refractivity contribution < 1.29 is 18.7 Å². The van der Waals surface area contributed by atoms with Crippen LogP contribution in [0.15, 0.2) is 18.2 Å². The van der Waals surface area contributed by atoms with Gasteiger partial charge in [-0.25, -0.2) is 4.39 Å². The third-order valence-electron chi connectivity index (χ3n) is 3.48. The zero-order valence-electron chi connectivity index (χ0n) is 13.2. The van der Waals surface area contributed by atoms with Gasteiger partial charge in [0, 0.05) is 6.54 Å². The van der Waals surface area contributed by atoms with Crippen LogP contribution in [-0.2, 0) is 16.1 Å². The van der Waals surface area contributed by atoms with Gasteiger partial charge in [-0.3, -0.25) is 9.69 Å². The maximum atomic E-state index is 13.7. The highest BCUT2D eigenvalue weighted by Gasteiger charge is 2.23. The number of benzene rings is 1. The molecule has 1 unspecified atom stereocenters. The van der Waals surface area contributed by atoms with Gasteiger partial charge in [-0.2, -0.15) is 0 Å². The number of likely N-dealkylation sites (N-methyl/N-ethyl adjacent to an activating group) is 1. The van der Waals surface area contributed by atoms with Gasteiger partial charge in [0.1, 0.15) is 6.04 Å². The molecule has 0 fully saturated rings. The number of hydrogen-bond donors (Lipinski definition) is 0. The Morgan fingerprint density at radius 2 is 2.10 bits per heavy atom. The standard InChI is InChI=1S/C16H24FNO3/c1-5-6-7-14(16(19)21-4)18(2)11-12-8-9-15(20-3)13(17)10-12/h8-10,14H,5-7,11H2,1-4H3. The van der Waals surface area contributed by atoms with E-state index in [-0.39, 0.29) is 17.8 Å². The SMILES string of the molecule is CCCCC(C(=O)OC)N(C)Cc1ccc(OC)c(F)c1. The van der Waals surface area contributed by atoms with E-state index in [9.17, 15) is 9.18 Å². The van der Waals surface area contributed by atoms with Crippen LogP contribution in [0.5, 0.6) is 5.75 Å². The van der Waals surface area contributed by atoms with Crippen LogP contribution >= 0.6 is 0 Å². The summed E-state index contributed by atoms with van der Waals surface area (Å²) < 4.78 is 23.4. The van der Waals surface area contributed by atoms with Crippen LogP contribution in [0.1, 0.15) is 31.7 Å². The van der Waals surface area contributed by atoms with Crippen molar-refractivity contribution in [3.63, 3.8) is 0 Å². The Labute approximate surface area is 125 Å². The number of unbranched alkanes of at least 4 members (excludes halogenated alkanes) is 1. The van der Waals surface area contributed by atoms with E-state index in [1.165, 1.54) is 20.3 Å². The second-order valence-corrected chi connectivity index (χ2v) is 5.07. The summed E-state index contributed by atoms with van der Waals surface area (Å²) in [6, 6.07) is 4.52. The molecule has 0 spiro atoms. The van der Waals surface area contributed by atoms with Crippen molar-refractivity contribution in [2.75, 3.05) is 21.3 Å². The molecule has 1 aromatic carbocycles. The first-order valence-corrected chi connectivity index (χ1v) is 7.14. The zero-order valence-corrected chi connectivity index (χ0v) is 13.2. The zero-order chi connectivity index (χ0) is 15.8. The van der Waals surface area contributed by atoms with E-state index < -0.39 is 5.82 Å². The molecule has 1 aromatic rings. The van der Waals surface area contributed by atoms with Crippen LogP contribution in [-0.4, -0.2) is 38.2 Å². The molecule has 0 saturated carbocycles. The lowest BCUT2D eigenvalue weighted by Gasteiger charge is -2.26. The van der Waals surface area contributed by atoms with E-state index in [0.717, 1.165) is 24.8 Å². The fraction of sp³-hybridized carbons (Fsp3) is 0.562. The molecule has 5 heteroatoms. The summed E-state index contributed by atoms with van der Waals surface area (Å²) in [5, 5.41) is 0. The molecule has 21 heavy (non-hydrogen) atoms. The number of carbonyl (C=O) groups excluding carboxylic acids is 1. The van der Waals surface area contributed by atoms with E-state index in [1.807, 2.05) is 11.9 Å². The average Bonchev–Trinajstić information content (AvgIpc) is 2.47. The molecule has 1 atom stereocenters. The first-order chi connectivity index (χ1) is 10.0. The number of hydrogen-bond acceptors (Lipinski definition) is 4. The number of nitrogens with zero attached hydrogens (tertiary/aromatic N) is 1. The molecule has 0 aliphatic heterocycles. The van der Waals surface area contributed by atoms with Crippen LogP contribution in [0.3, 0.4) is 0 Å². The Morgan fingerprint density at radius 3 is 2.62 bits per heavy atom. The Morgan fingerprint density at radius 1 is 1.38 bits per heavy atom. The number of esters is 1. The van der Waals surface area contributed by atoms with Gasteiger partial charge >= 0.3 is 5.97 Å². The molecule has 0 aliphatic carbocycles. The Hall–Kier alpha value is -1.62. The van der Waals surface area contributed by atoms with Crippen molar-refractivity contribution >= 4 is 5.97 Å². The molecular weight excluding hydrogens is 273 g/mol. The molecule has 0 bridgehead atoms. The molecule has 0 N–H and O–H groups in total. The highest BCUT2D eigenvalue weighted by Crippen LogP contribution is 2.20. The minimum atomic E-state index is -0.397. The smallest absolute Gasteiger partial charge is 0.323 e. The lowest BCUT2D eigenvalue weighted by Crippen LogP contribution is -2.38. The third kappa shape index (κ3) is 5.01. The summed E-state index contributed by atoms with van der Waals surface area (Å²) in [5.41, 5.74) is 0.793. The topological polar surface area (TPSA) is 38.8 Å². The molecule has 1 rings (SSSR count). The normalized spacial score (nSPS) is 12.3. The van der Waals surface area contributed by atoms with E-state index in [1.54, 1.807) is 12.1 Å². The summed E-state index contributed by atoms with van der Waals surface area (Å²) in [7, 11) is 4.67. The maximum Gasteiger partial charge on any atom is 0.323 e. The summed E-state index contributed by atoms with van der Waals surface area (Å²) in [6.45, 7) is 2.55. The second kappa shape index (κ2) is 8.62. The molecule has 0 heterocycles. The van der Waals surface area contributed by atoms with Crippen LogP contribution in [0, 0.1) is 5.82 Å². The highest BCUT2D eigenvalue weighted by molar-refractivity contribution is 5.75. The number of carbonyl (C=O) groups is 1. The van der Waals surface area contributed by atoms with Gasteiger partial charge in [0.05, 0.1) is 14.2 Å². The van der Waals surface area contributed by atoms with Gasteiger partial charge in [-0.1, -0.05) is 25.8 Å². The van der Waals surface area contributed by atoms with Crippen molar-refractivity contribution in [1.82, 2.24) is 4.90 Å². The van der Waals surface area contributed by atoms with E-state index >= 15 is 0 Å². The summed E-state index contributed by atoms with van der Waals surface area (Å²) in [6.07, 6.45) is 2.69. The quantitative estimate of drug-likeness (QED) is 0.691. The van der Waals surface area contributed by atoms with E-state index in [2.05, 4.69) is 6.92 Å². The Kier molecular flexibility index (Phi) is 7.15. The van der Waals surface area contributed by atoms with Crippen molar-refractivity contribution in [3.8, 4) is 5.75 Å². The number of methoxy groups -OCH3 is 2. The molecule has 0 aliphatic rings. The number of rotatable bonds is 8. The molecule has 0 aromatic heterocycles. The lowest BCUT2D eigenvalue weighted by atomic mass is 10.1. The van der Waals surface area contributed by atoms with E-state index in [4.69, 9.17) is 9.47 Å². The first kappa shape index (κ1) is 17.4. The molecule has 118 valence electrons. The van der Waals surface area contributed by atoms with Crippen LogP contribution in [0.2, 0.25) is 0 Å². The first-order valence-electron chi connectivity index (χ1n) is 7.14. The third-order valence-corrected chi connectivity index (χ3v) is 3.48. The minimum Gasteiger partial charge on any atom is -0.494 e. The van der Waals surface area contributed by atoms with Crippen molar-refractivity contribution in [3.05, 3.63) is 29.6 Å². The van der Waals surface area contributed by atoms with Gasteiger partial charge in [-0.15, -0.1) is 0 Å². The van der Waals surface area contributed by atoms with Gasteiger partial charge in [-0.05, 0) is 31.2 Å². The monoisotopic (exact) mass is 297 g/mol. The summed E-state index contributed by atoms with van der Waals surface area (Å²) in [5.74, 6) is -0.427. The van der Waals surface area contributed by atoms with E-state index in [0.29, 0.717) is 6.54 Å². The molecular formula is C16H24FNO3.